The number of sulfonamides is 1. The fraction of sp³-hybridized carbons (Fsp3) is 0.588. The van der Waals surface area contributed by atoms with Gasteiger partial charge in [-0.2, -0.15) is 0 Å². The van der Waals surface area contributed by atoms with Gasteiger partial charge in [0.25, 0.3) is 5.91 Å². The second-order valence-corrected chi connectivity index (χ2v) is 8.43. The van der Waals surface area contributed by atoms with E-state index in [1.807, 2.05) is 11.8 Å². The lowest BCUT2D eigenvalue weighted by Crippen LogP contribution is -2.42. The smallest absolute Gasteiger partial charge is 0.254 e. The molecule has 0 spiro atoms. The van der Waals surface area contributed by atoms with E-state index >= 15 is 0 Å². The second-order valence-electron chi connectivity index (χ2n) is 6.59. The largest absolute Gasteiger partial charge is 0.331 e. The van der Waals surface area contributed by atoms with Crippen LogP contribution in [-0.2, 0) is 10.0 Å². The average Bonchev–Trinajstić information content (AvgIpc) is 2.80. The van der Waals surface area contributed by atoms with Crippen LogP contribution in [0.3, 0.4) is 0 Å². The molecule has 0 aliphatic carbocycles. The summed E-state index contributed by atoms with van der Waals surface area (Å²) in [4.78, 5) is 14.9. The van der Waals surface area contributed by atoms with Crippen molar-refractivity contribution in [2.75, 3.05) is 23.6 Å². The van der Waals surface area contributed by atoms with Crippen molar-refractivity contribution in [1.82, 2.24) is 10.2 Å². The van der Waals surface area contributed by atoms with Gasteiger partial charge in [0.05, 0.1) is 5.75 Å². The molecule has 2 unspecified atom stereocenters. The number of hydrogen-bond donors (Lipinski definition) is 2. The van der Waals surface area contributed by atoms with E-state index in [9.17, 15) is 13.2 Å². The third-order valence-electron chi connectivity index (χ3n) is 4.77. The minimum absolute atomic E-state index is 0.0502. The second kappa shape index (κ2) is 7.11. The van der Waals surface area contributed by atoms with Crippen molar-refractivity contribution in [1.29, 1.82) is 0 Å². The van der Waals surface area contributed by atoms with Gasteiger partial charge in [-0.3, -0.25) is 9.52 Å². The lowest BCUT2D eigenvalue weighted by molar-refractivity contribution is 0.0680. The van der Waals surface area contributed by atoms with Gasteiger partial charge in [0.2, 0.25) is 10.0 Å². The Kier molecular flexibility index (Phi) is 5.10. The van der Waals surface area contributed by atoms with Crippen molar-refractivity contribution in [3.63, 3.8) is 0 Å². The average molecular weight is 351 g/mol. The fourth-order valence-corrected chi connectivity index (χ4v) is 4.78. The summed E-state index contributed by atoms with van der Waals surface area (Å²) in [5.74, 6) is 0.145. The Morgan fingerprint density at radius 2 is 1.92 bits per heavy atom. The van der Waals surface area contributed by atoms with E-state index in [4.69, 9.17) is 0 Å². The minimum atomic E-state index is -3.30. The lowest BCUT2D eigenvalue weighted by atomic mass is 10.1. The molecule has 1 aromatic carbocycles. The number of anilines is 1. The quantitative estimate of drug-likeness (QED) is 0.848. The van der Waals surface area contributed by atoms with Crippen LogP contribution in [0.15, 0.2) is 24.3 Å². The van der Waals surface area contributed by atoms with Crippen LogP contribution in [0.1, 0.15) is 43.0 Å². The molecule has 0 radical (unpaired) electrons. The molecule has 2 aliphatic heterocycles. The third-order valence-corrected chi connectivity index (χ3v) is 6.26. The van der Waals surface area contributed by atoms with Gasteiger partial charge in [0, 0.05) is 29.9 Å². The van der Waals surface area contributed by atoms with E-state index in [-0.39, 0.29) is 17.7 Å². The van der Waals surface area contributed by atoms with Gasteiger partial charge in [-0.15, -0.1) is 0 Å². The van der Waals surface area contributed by atoms with Crippen LogP contribution < -0.4 is 10.0 Å². The van der Waals surface area contributed by atoms with Crippen LogP contribution in [0.2, 0.25) is 0 Å². The number of amides is 1. The molecule has 2 N–H and O–H groups in total. The van der Waals surface area contributed by atoms with Gasteiger partial charge in [-0.05, 0) is 56.5 Å². The first-order valence-corrected chi connectivity index (χ1v) is 10.3. The van der Waals surface area contributed by atoms with Crippen molar-refractivity contribution in [2.45, 2.75) is 44.7 Å². The maximum absolute atomic E-state index is 12.9. The summed E-state index contributed by atoms with van der Waals surface area (Å²) in [7, 11) is -3.30. The van der Waals surface area contributed by atoms with Crippen LogP contribution in [0.4, 0.5) is 5.69 Å². The summed E-state index contributed by atoms with van der Waals surface area (Å²) in [5, 5.41) is 3.39. The van der Waals surface area contributed by atoms with Crippen molar-refractivity contribution in [2.24, 2.45) is 0 Å². The van der Waals surface area contributed by atoms with Gasteiger partial charge in [0.1, 0.15) is 0 Å². The number of nitrogens with one attached hydrogen (secondary N) is 2. The molecule has 2 fully saturated rings. The van der Waals surface area contributed by atoms with Crippen molar-refractivity contribution >= 4 is 21.6 Å². The first-order chi connectivity index (χ1) is 11.5. The molecule has 0 aromatic heterocycles. The van der Waals surface area contributed by atoms with E-state index in [1.54, 1.807) is 24.3 Å². The molecular formula is C17H25N3O3S. The van der Waals surface area contributed by atoms with Gasteiger partial charge >= 0.3 is 0 Å². The molecule has 0 saturated carbocycles. The molecule has 1 amide bonds. The SMILES string of the molecule is CCCS(=O)(=O)Nc1ccc(C(=O)N2C3CCNCC2CC3)cc1. The highest BCUT2D eigenvalue weighted by molar-refractivity contribution is 7.92. The number of carbonyl (C=O) groups excluding carboxylic acids is 1. The number of hydrogen-bond acceptors (Lipinski definition) is 4. The standard InChI is InChI=1S/C17H25N3O3S/c1-2-11-24(22,23)19-14-5-3-13(4-6-14)17(21)20-15-7-8-16(20)12-18-10-9-15/h3-6,15-16,18-19H,2,7-12H2,1H3. The molecule has 2 saturated heterocycles. The predicted molar refractivity (Wildman–Crippen MR) is 94.6 cm³/mol. The topological polar surface area (TPSA) is 78.5 Å². The number of carbonyl (C=O) groups is 1. The maximum atomic E-state index is 12.9. The van der Waals surface area contributed by atoms with Gasteiger partial charge in [-0.1, -0.05) is 6.92 Å². The summed E-state index contributed by atoms with van der Waals surface area (Å²) in [6.07, 6.45) is 3.69. The van der Waals surface area contributed by atoms with Gasteiger partial charge in [-0.25, -0.2) is 8.42 Å². The third kappa shape index (κ3) is 3.72. The number of rotatable bonds is 5. The molecule has 24 heavy (non-hydrogen) atoms. The minimum Gasteiger partial charge on any atom is -0.331 e. The zero-order chi connectivity index (χ0) is 17.2. The van der Waals surface area contributed by atoms with E-state index in [2.05, 4.69) is 10.0 Å². The summed E-state index contributed by atoms with van der Waals surface area (Å²) in [6.45, 7) is 3.64. The predicted octanol–water partition coefficient (Wildman–Crippen LogP) is 1.80. The molecule has 2 atom stereocenters. The Morgan fingerprint density at radius 1 is 1.21 bits per heavy atom. The maximum Gasteiger partial charge on any atom is 0.254 e. The molecule has 7 heteroatoms. The lowest BCUT2D eigenvalue weighted by Gasteiger charge is -2.28. The number of nitrogens with zero attached hydrogens (tertiary/aromatic N) is 1. The van der Waals surface area contributed by atoms with Crippen LogP contribution in [-0.4, -0.2) is 50.2 Å². The summed E-state index contributed by atoms with van der Waals surface area (Å²) >= 11 is 0. The first-order valence-electron chi connectivity index (χ1n) is 8.64. The summed E-state index contributed by atoms with van der Waals surface area (Å²) < 4.78 is 26.2. The normalized spacial score (nSPS) is 23.8. The van der Waals surface area contributed by atoms with Crippen molar-refractivity contribution in [3.8, 4) is 0 Å². The van der Waals surface area contributed by atoms with Crippen LogP contribution in [0, 0.1) is 0 Å². The van der Waals surface area contributed by atoms with E-state index in [0.717, 1.165) is 32.4 Å². The van der Waals surface area contributed by atoms with E-state index in [0.29, 0.717) is 23.7 Å². The molecule has 6 nitrogen and oxygen atoms in total. The highest BCUT2D eigenvalue weighted by Gasteiger charge is 2.38. The molecule has 2 bridgehead atoms. The molecule has 1 aromatic rings. The summed E-state index contributed by atoms with van der Waals surface area (Å²) in [6, 6.07) is 7.35. The Morgan fingerprint density at radius 3 is 2.62 bits per heavy atom. The molecule has 132 valence electrons. The highest BCUT2D eigenvalue weighted by atomic mass is 32.2. The Hall–Kier alpha value is -1.60. The molecule has 2 heterocycles. The van der Waals surface area contributed by atoms with Crippen LogP contribution in [0.25, 0.3) is 0 Å². The van der Waals surface area contributed by atoms with Gasteiger partial charge < -0.3 is 10.2 Å². The Balaban J connectivity index is 1.72. The first kappa shape index (κ1) is 17.2. The zero-order valence-electron chi connectivity index (χ0n) is 14.0. The van der Waals surface area contributed by atoms with E-state index < -0.39 is 10.0 Å². The number of fused-ring (bicyclic) bond motifs is 2. The van der Waals surface area contributed by atoms with E-state index in [1.165, 1.54) is 0 Å². The molecule has 2 aliphatic rings. The van der Waals surface area contributed by atoms with Gasteiger partial charge in [0.15, 0.2) is 0 Å². The fourth-order valence-electron chi connectivity index (χ4n) is 3.64. The summed E-state index contributed by atoms with van der Waals surface area (Å²) in [5.41, 5.74) is 1.12. The zero-order valence-corrected chi connectivity index (χ0v) is 14.8. The van der Waals surface area contributed by atoms with Crippen LogP contribution >= 0.6 is 0 Å². The van der Waals surface area contributed by atoms with Crippen LogP contribution in [0.5, 0.6) is 0 Å². The Bertz CT molecular complexity index is 674. The molecule has 3 rings (SSSR count). The van der Waals surface area contributed by atoms with Crippen molar-refractivity contribution in [3.05, 3.63) is 29.8 Å². The number of benzene rings is 1. The van der Waals surface area contributed by atoms with Crippen molar-refractivity contribution < 1.29 is 13.2 Å². The Labute approximate surface area is 143 Å². The monoisotopic (exact) mass is 351 g/mol. The molecular weight excluding hydrogens is 326 g/mol. The highest BCUT2D eigenvalue weighted by Crippen LogP contribution is 2.29.